The fraction of sp³-hybridized carbons (Fsp3) is 0.312. The molecule has 2 N–H and O–H groups in total. The number of rotatable bonds is 6. The van der Waals surface area contributed by atoms with Crippen molar-refractivity contribution in [3.63, 3.8) is 0 Å². The van der Waals surface area contributed by atoms with Crippen LogP contribution in [-0.4, -0.2) is 23.5 Å². The Kier molecular flexibility index (Phi) is 5.07. The molecule has 0 aliphatic rings. The predicted molar refractivity (Wildman–Crippen MR) is 78.6 cm³/mol. The normalized spacial score (nSPS) is 12.6. The van der Waals surface area contributed by atoms with Crippen LogP contribution < -0.4 is 5.73 Å². The van der Waals surface area contributed by atoms with E-state index in [0.29, 0.717) is 12.6 Å². The monoisotopic (exact) mass is 255 g/mol. The summed E-state index contributed by atoms with van der Waals surface area (Å²) in [6.45, 7) is 1.52. The van der Waals surface area contributed by atoms with Gasteiger partial charge in [-0.15, -0.1) is 0 Å². The average Bonchev–Trinajstić information content (AvgIpc) is 2.46. The summed E-state index contributed by atoms with van der Waals surface area (Å²) in [5, 5.41) is 0. The average molecular weight is 255 g/mol. The van der Waals surface area contributed by atoms with Crippen LogP contribution in [0, 0.1) is 0 Å². The van der Waals surface area contributed by atoms with Gasteiger partial charge in [0.2, 0.25) is 0 Å². The third kappa shape index (κ3) is 3.88. The summed E-state index contributed by atoms with van der Waals surface area (Å²) in [5.41, 5.74) is 8.15. The van der Waals surface area contributed by atoms with E-state index >= 15 is 0 Å². The lowest BCUT2D eigenvalue weighted by Crippen LogP contribution is -2.26. The van der Waals surface area contributed by atoms with E-state index in [1.165, 1.54) is 5.56 Å². The number of hydrogen-bond donors (Lipinski definition) is 1. The lowest BCUT2D eigenvalue weighted by atomic mass is 10.0. The maximum atomic E-state index is 5.76. The molecule has 0 radical (unpaired) electrons. The van der Waals surface area contributed by atoms with E-state index in [1.54, 1.807) is 0 Å². The Bertz CT molecular complexity index is 470. The number of nitrogens with two attached hydrogens (primary N) is 1. The van der Waals surface area contributed by atoms with Crippen LogP contribution in [0.15, 0.2) is 54.7 Å². The first-order valence-corrected chi connectivity index (χ1v) is 6.66. The number of aromatic nitrogens is 1. The highest BCUT2D eigenvalue weighted by Crippen LogP contribution is 2.23. The molecule has 0 aliphatic carbocycles. The number of benzene rings is 1. The van der Waals surface area contributed by atoms with E-state index in [0.717, 1.165) is 18.7 Å². The molecule has 2 aromatic rings. The Morgan fingerprint density at radius 1 is 1.11 bits per heavy atom. The maximum Gasteiger partial charge on any atom is 0.0544 e. The van der Waals surface area contributed by atoms with Gasteiger partial charge in [-0.25, -0.2) is 0 Å². The molecule has 1 aromatic heterocycles. The molecule has 1 unspecified atom stereocenters. The fourth-order valence-corrected chi connectivity index (χ4v) is 2.33. The van der Waals surface area contributed by atoms with Crippen molar-refractivity contribution in [3.05, 3.63) is 66.0 Å². The molecule has 1 atom stereocenters. The van der Waals surface area contributed by atoms with Crippen LogP contribution in [-0.2, 0) is 6.54 Å². The highest BCUT2D eigenvalue weighted by Gasteiger charge is 2.16. The molecule has 2 rings (SSSR count). The lowest BCUT2D eigenvalue weighted by Gasteiger charge is -2.28. The standard InChI is InChI=1S/C16H21N3/c1-19(13-15-9-5-6-12-18-15)16(10-11-17)14-7-3-2-4-8-14/h2-9,12,16H,10-11,13,17H2,1H3. The smallest absolute Gasteiger partial charge is 0.0544 e. The predicted octanol–water partition coefficient (Wildman–Crippen LogP) is 2.60. The van der Waals surface area contributed by atoms with Gasteiger partial charge in [0.15, 0.2) is 0 Å². The second-order valence-electron chi connectivity index (χ2n) is 4.74. The van der Waals surface area contributed by atoms with Gasteiger partial charge in [-0.3, -0.25) is 9.88 Å². The Labute approximate surface area is 115 Å². The van der Waals surface area contributed by atoms with Crippen LogP contribution in [0.25, 0.3) is 0 Å². The molecule has 19 heavy (non-hydrogen) atoms. The summed E-state index contributed by atoms with van der Waals surface area (Å²) in [6, 6.07) is 16.9. The highest BCUT2D eigenvalue weighted by molar-refractivity contribution is 5.19. The fourth-order valence-electron chi connectivity index (χ4n) is 2.33. The lowest BCUT2D eigenvalue weighted by molar-refractivity contribution is 0.224. The molecule has 1 aromatic carbocycles. The van der Waals surface area contributed by atoms with Crippen LogP contribution >= 0.6 is 0 Å². The van der Waals surface area contributed by atoms with Gasteiger partial charge in [-0.05, 0) is 37.7 Å². The van der Waals surface area contributed by atoms with Crippen molar-refractivity contribution in [2.24, 2.45) is 5.73 Å². The van der Waals surface area contributed by atoms with Crippen molar-refractivity contribution in [2.75, 3.05) is 13.6 Å². The summed E-state index contributed by atoms with van der Waals surface area (Å²) in [5.74, 6) is 0. The first-order chi connectivity index (χ1) is 9.31. The zero-order valence-corrected chi connectivity index (χ0v) is 11.4. The van der Waals surface area contributed by atoms with Gasteiger partial charge >= 0.3 is 0 Å². The molecule has 3 heteroatoms. The van der Waals surface area contributed by atoms with Crippen molar-refractivity contribution >= 4 is 0 Å². The topological polar surface area (TPSA) is 42.2 Å². The highest BCUT2D eigenvalue weighted by atomic mass is 15.1. The number of nitrogens with zero attached hydrogens (tertiary/aromatic N) is 2. The summed E-state index contributed by atoms with van der Waals surface area (Å²) in [4.78, 5) is 6.69. The Hall–Kier alpha value is -1.71. The van der Waals surface area contributed by atoms with Crippen LogP contribution in [0.4, 0.5) is 0 Å². The zero-order valence-electron chi connectivity index (χ0n) is 11.4. The van der Waals surface area contributed by atoms with E-state index in [9.17, 15) is 0 Å². The van der Waals surface area contributed by atoms with E-state index in [1.807, 2.05) is 24.4 Å². The van der Waals surface area contributed by atoms with E-state index in [-0.39, 0.29) is 0 Å². The van der Waals surface area contributed by atoms with Crippen LogP contribution in [0.2, 0.25) is 0 Å². The first-order valence-electron chi connectivity index (χ1n) is 6.66. The van der Waals surface area contributed by atoms with Crippen molar-refractivity contribution in [1.82, 2.24) is 9.88 Å². The molecular weight excluding hydrogens is 234 g/mol. The summed E-state index contributed by atoms with van der Waals surface area (Å²) in [6.07, 6.45) is 2.79. The zero-order chi connectivity index (χ0) is 13.5. The molecule has 100 valence electrons. The summed E-state index contributed by atoms with van der Waals surface area (Å²) >= 11 is 0. The Balaban J connectivity index is 2.11. The molecule has 0 fully saturated rings. The second-order valence-corrected chi connectivity index (χ2v) is 4.74. The molecule has 0 aliphatic heterocycles. The Morgan fingerprint density at radius 2 is 1.84 bits per heavy atom. The maximum absolute atomic E-state index is 5.76. The van der Waals surface area contributed by atoms with Gasteiger partial charge in [0.25, 0.3) is 0 Å². The van der Waals surface area contributed by atoms with E-state index in [4.69, 9.17) is 5.73 Å². The molecule has 1 heterocycles. The summed E-state index contributed by atoms with van der Waals surface area (Å²) in [7, 11) is 2.13. The van der Waals surface area contributed by atoms with E-state index in [2.05, 4.69) is 47.3 Å². The molecule has 0 amide bonds. The first kappa shape index (κ1) is 13.7. The van der Waals surface area contributed by atoms with Gasteiger partial charge in [0.1, 0.15) is 0 Å². The van der Waals surface area contributed by atoms with Crippen molar-refractivity contribution < 1.29 is 0 Å². The minimum Gasteiger partial charge on any atom is -0.330 e. The van der Waals surface area contributed by atoms with Gasteiger partial charge in [-0.1, -0.05) is 36.4 Å². The van der Waals surface area contributed by atoms with Crippen molar-refractivity contribution in [3.8, 4) is 0 Å². The summed E-state index contributed by atoms with van der Waals surface area (Å²) < 4.78 is 0. The third-order valence-corrected chi connectivity index (χ3v) is 3.29. The number of hydrogen-bond acceptors (Lipinski definition) is 3. The Morgan fingerprint density at radius 3 is 2.47 bits per heavy atom. The van der Waals surface area contributed by atoms with Crippen LogP contribution in [0.5, 0.6) is 0 Å². The van der Waals surface area contributed by atoms with Gasteiger partial charge in [0.05, 0.1) is 5.69 Å². The number of pyridine rings is 1. The molecular formula is C16H21N3. The minimum absolute atomic E-state index is 0.341. The van der Waals surface area contributed by atoms with Gasteiger partial charge < -0.3 is 5.73 Å². The van der Waals surface area contributed by atoms with Gasteiger partial charge in [0, 0.05) is 18.8 Å². The van der Waals surface area contributed by atoms with Crippen molar-refractivity contribution in [1.29, 1.82) is 0 Å². The molecule has 3 nitrogen and oxygen atoms in total. The van der Waals surface area contributed by atoms with Crippen molar-refractivity contribution in [2.45, 2.75) is 19.0 Å². The quantitative estimate of drug-likeness (QED) is 0.862. The third-order valence-electron chi connectivity index (χ3n) is 3.29. The minimum atomic E-state index is 0.341. The molecule has 0 saturated carbocycles. The van der Waals surface area contributed by atoms with Crippen LogP contribution in [0.1, 0.15) is 23.7 Å². The van der Waals surface area contributed by atoms with Gasteiger partial charge in [-0.2, -0.15) is 0 Å². The molecule has 0 saturated heterocycles. The molecule has 0 spiro atoms. The second kappa shape index (κ2) is 7.02. The largest absolute Gasteiger partial charge is 0.330 e. The van der Waals surface area contributed by atoms with E-state index < -0.39 is 0 Å². The molecule has 0 bridgehead atoms. The van der Waals surface area contributed by atoms with Crippen LogP contribution in [0.3, 0.4) is 0 Å². The SMILES string of the molecule is CN(Cc1ccccn1)C(CCN)c1ccccc1.